The Balaban J connectivity index is 0.891. The van der Waals surface area contributed by atoms with Crippen molar-refractivity contribution in [3.8, 4) is 16.2 Å². The molecule has 2 aromatic heterocycles. The monoisotopic (exact) mass is 1020 g/mol. The minimum Gasteiger partial charge on any atom is -0.495 e. The molecular formula is C52H63F3N8O8S. The molecule has 4 atom stereocenters. The first-order valence-electron chi connectivity index (χ1n) is 24.1. The number of hydrogen-bond acceptors (Lipinski definition) is 11. The van der Waals surface area contributed by atoms with Gasteiger partial charge in [0, 0.05) is 56.5 Å². The van der Waals surface area contributed by atoms with Gasteiger partial charge < -0.3 is 40.5 Å². The fourth-order valence-corrected chi connectivity index (χ4v) is 10.4. The highest BCUT2D eigenvalue weighted by atomic mass is 32.1. The lowest BCUT2D eigenvalue weighted by Gasteiger charge is -2.38. The van der Waals surface area contributed by atoms with Crippen LogP contribution in [0.15, 0.2) is 60.1 Å². The molecular weight excluding hydrogens is 954 g/mol. The number of anilines is 1. The lowest BCUT2D eigenvalue weighted by molar-refractivity contribution is -0.144. The van der Waals surface area contributed by atoms with E-state index in [4.69, 9.17) is 4.74 Å². The topological polar surface area (TPSA) is 203 Å². The summed E-state index contributed by atoms with van der Waals surface area (Å²) in [6.45, 7) is 14.2. The number of ether oxygens (including phenoxy) is 1. The number of likely N-dealkylation sites (tertiary alicyclic amines) is 2. The Morgan fingerprint density at radius 1 is 0.972 bits per heavy atom. The van der Waals surface area contributed by atoms with Crippen LogP contribution in [-0.4, -0.2) is 117 Å². The molecule has 5 heterocycles. The second-order valence-electron chi connectivity index (χ2n) is 20.8. The average Bonchev–Trinajstić information content (AvgIpc) is 4.04. The third kappa shape index (κ3) is 12.1. The number of aliphatic hydroxyl groups excluding tert-OH is 1. The van der Waals surface area contributed by atoms with Crippen molar-refractivity contribution in [2.45, 2.75) is 118 Å². The van der Waals surface area contributed by atoms with Gasteiger partial charge in [0.15, 0.2) is 0 Å². The number of methoxy groups -OCH3 is 1. The van der Waals surface area contributed by atoms with Gasteiger partial charge >= 0.3 is 6.18 Å². The summed E-state index contributed by atoms with van der Waals surface area (Å²) in [5, 5.41) is 19.3. The van der Waals surface area contributed by atoms with Crippen molar-refractivity contribution in [3.05, 3.63) is 93.9 Å². The molecule has 72 heavy (non-hydrogen) atoms. The van der Waals surface area contributed by atoms with Crippen LogP contribution in [0.2, 0.25) is 0 Å². The maximum absolute atomic E-state index is 14.3. The first-order chi connectivity index (χ1) is 33.8. The van der Waals surface area contributed by atoms with Gasteiger partial charge in [-0.25, -0.2) is 9.97 Å². The highest BCUT2D eigenvalue weighted by molar-refractivity contribution is 7.13. The summed E-state index contributed by atoms with van der Waals surface area (Å²) in [4.78, 5) is 95.8. The molecule has 0 bridgehead atoms. The summed E-state index contributed by atoms with van der Waals surface area (Å²) < 4.78 is 45.1. The summed E-state index contributed by atoms with van der Waals surface area (Å²) >= 11 is 1.56. The zero-order valence-electron chi connectivity index (χ0n) is 41.8. The van der Waals surface area contributed by atoms with Crippen LogP contribution in [0.4, 0.5) is 18.9 Å². The smallest absolute Gasteiger partial charge is 0.433 e. The van der Waals surface area contributed by atoms with Gasteiger partial charge in [0.05, 0.1) is 41.0 Å². The summed E-state index contributed by atoms with van der Waals surface area (Å²) in [6, 6.07) is 11.6. The number of β-amino-alcohol motifs (C(OH)–C–C–N with tert-alkyl or cyclic N) is 1. The molecule has 16 nitrogen and oxygen atoms in total. The molecule has 6 amide bonds. The van der Waals surface area contributed by atoms with Crippen LogP contribution >= 0.6 is 11.3 Å². The van der Waals surface area contributed by atoms with Gasteiger partial charge in [0.25, 0.3) is 11.8 Å². The number of thiazole rings is 1. The average molecular weight is 1020 g/mol. The number of amides is 6. The summed E-state index contributed by atoms with van der Waals surface area (Å²) in [5.74, 6) is -2.38. The molecule has 4 aromatic rings. The molecule has 0 aliphatic carbocycles. The number of halogens is 3. The molecule has 2 aromatic carbocycles. The zero-order valence-corrected chi connectivity index (χ0v) is 42.6. The number of pyridine rings is 1. The standard InChI is InChI=1S/C52H63F3N8O8S/c1-29(32-12-14-33(15-13-32)43-30(2)56-28-72-43)57-46(67)39-24-35(64)27-63(39)48(69)44(50(3,4)5)60-42(65)22-31-16-19-61(20-17-31)49(70)51(6,7)18-21-62-26-34-23-38(40(71-8)25-36(34)47(62)68)59-45(66)37-10-9-11-41(58-37)52(53,54)55/h9-15,23,25,28-29,31,35,39,44,64H,16-22,24,26-27H2,1-8H3,(H,57,67)(H,59,66)(H,60,65)/t29-,35+,39-,44+/m0/s1. The van der Waals surface area contributed by atoms with Crippen molar-refractivity contribution < 1.29 is 51.8 Å². The van der Waals surface area contributed by atoms with Crippen molar-refractivity contribution in [2.24, 2.45) is 16.7 Å². The third-order valence-corrected chi connectivity index (χ3v) is 14.8. The number of benzene rings is 2. The van der Waals surface area contributed by atoms with Crippen LogP contribution in [0.1, 0.15) is 123 Å². The quantitative estimate of drug-likeness (QED) is 0.0946. The largest absolute Gasteiger partial charge is 0.495 e. The van der Waals surface area contributed by atoms with Crippen LogP contribution in [-0.2, 0) is 31.9 Å². The lowest BCUT2D eigenvalue weighted by atomic mass is 9.84. The molecule has 3 aliphatic heterocycles. The number of carbonyl (C=O) groups is 6. The van der Waals surface area contributed by atoms with Gasteiger partial charge in [-0.15, -0.1) is 11.3 Å². The van der Waals surface area contributed by atoms with Gasteiger partial charge in [-0.2, -0.15) is 13.2 Å². The molecule has 0 spiro atoms. The van der Waals surface area contributed by atoms with E-state index < -0.39 is 64.3 Å². The van der Waals surface area contributed by atoms with Crippen molar-refractivity contribution in [3.63, 3.8) is 0 Å². The molecule has 3 aliphatic rings. The number of aryl methyl sites for hydroxylation is 1. The molecule has 386 valence electrons. The number of hydrogen-bond donors (Lipinski definition) is 4. The summed E-state index contributed by atoms with van der Waals surface area (Å²) in [6.07, 6.45) is -4.02. The minimum absolute atomic E-state index is 0.0474. The SMILES string of the molecule is COc1cc2c(cc1NC(=O)c1cccc(C(F)(F)F)n1)CN(CCC(C)(C)C(=O)N1CCC(CC(=O)N[C@H](C(=O)N3C[C@H](O)C[C@H]3C(=O)N[C@@H](C)c3ccc(-c4scnc4C)cc3)C(C)(C)C)CC1)C2=O. The maximum atomic E-state index is 14.3. The fraction of sp³-hybridized carbons (Fsp3) is 0.500. The maximum Gasteiger partial charge on any atom is 0.433 e. The van der Waals surface area contributed by atoms with E-state index in [0.717, 1.165) is 39.9 Å². The van der Waals surface area contributed by atoms with Crippen LogP contribution in [0.25, 0.3) is 10.4 Å². The van der Waals surface area contributed by atoms with E-state index in [9.17, 15) is 47.0 Å². The normalized spacial score (nSPS) is 18.4. The van der Waals surface area contributed by atoms with E-state index >= 15 is 0 Å². The van der Waals surface area contributed by atoms with Gasteiger partial charge in [-0.05, 0) is 85.4 Å². The van der Waals surface area contributed by atoms with E-state index in [2.05, 4.69) is 25.9 Å². The van der Waals surface area contributed by atoms with E-state index in [1.165, 1.54) is 18.1 Å². The van der Waals surface area contributed by atoms with Crippen LogP contribution < -0.4 is 20.7 Å². The Morgan fingerprint density at radius 2 is 1.67 bits per heavy atom. The van der Waals surface area contributed by atoms with E-state index in [-0.39, 0.29) is 73.6 Å². The van der Waals surface area contributed by atoms with Gasteiger partial charge in [-0.1, -0.05) is 65.0 Å². The Kier molecular flexibility index (Phi) is 15.8. The Hall–Kier alpha value is -6.41. The van der Waals surface area contributed by atoms with Crippen LogP contribution in [0.5, 0.6) is 5.75 Å². The number of alkyl halides is 3. The summed E-state index contributed by atoms with van der Waals surface area (Å²) in [7, 11) is 1.34. The number of aliphatic hydroxyl groups is 1. The molecule has 2 fully saturated rings. The molecule has 20 heteroatoms. The number of carbonyl (C=O) groups excluding carboxylic acids is 6. The summed E-state index contributed by atoms with van der Waals surface area (Å²) in [5.41, 5.74) is 2.44. The predicted octanol–water partition coefficient (Wildman–Crippen LogP) is 7.16. The Labute approximate surface area is 421 Å². The van der Waals surface area contributed by atoms with Gasteiger partial charge in [-0.3, -0.25) is 28.8 Å². The Morgan fingerprint density at radius 3 is 2.29 bits per heavy atom. The molecule has 7 rings (SSSR count). The first-order valence-corrected chi connectivity index (χ1v) is 25.0. The molecule has 0 radical (unpaired) electrons. The lowest BCUT2D eigenvalue weighted by Crippen LogP contribution is -2.58. The number of aromatic nitrogens is 2. The second kappa shape index (κ2) is 21.4. The number of fused-ring (bicyclic) bond motifs is 1. The van der Waals surface area contributed by atoms with E-state index in [1.807, 2.05) is 72.7 Å². The molecule has 4 N–H and O–H groups in total. The van der Waals surface area contributed by atoms with Gasteiger partial charge in [0.2, 0.25) is 23.6 Å². The highest BCUT2D eigenvalue weighted by Crippen LogP contribution is 2.37. The van der Waals surface area contributed by atoms with Crippen molar-refractivity contribution >= 4 is 52.5 Å². The number of nitrogens with one attached hydrogen (secondary N) is 3. The van der Waals surface area contributed by atoms with Crippen molar-refractivity contribution in [1.82, 2.24) is 35.3 Å². The second-order valence-corrected chi connectivity index (χ2v) is 21.6. The number of nitrogens with zero attached hydrogens (tertiary/aromatic N) is 5. The fourth-order valence-electron chi connectivity index (χ4n) is 9.54. The van der Waals surface area contributed by atoms with Crippen LogP contribution in [0.3, 0.4) is 0 Å². The molecule has 2 saturated heterocycles. The van der Waals surface area contributed by atoms with Crippen molar-refractivity contribution in [1.29, 1.82) is 0 Å². The van der Waals surface area contributed by atoms with Crippen LogP contribution in [0, 0.1) is 23.7 Å². The minimum atomic E-state index is -4.74. The third-order valence-electron chi connectivity index (χ3n) is 13.8. The molecule has 0 unspecified atom stereocenters. The predicted molar refractivity (Wildman–Crippen MR) is 264 cm³/mol. The Bertz CT molecular complexity index is 2700. The van der Waals surface area contributed by atoms with E-state index in [1.54, 1.807) is 32.7 Å². The highest BCUT2D eigenvalue weighted by Gasteiger charge is 2.45. The number of rotatable bonds is 15. The first kappa shape index (κ1) is 53.4. The molecule has 0 saturated carbocycles. The number of piperidine rings is 1. The zero-order chi connectivity index (χ0) is 52.4. The van der Waals surface area contributed by atoms with E-state index in [0.29, 0.717) is 43.5 Å². The van der Waals surface area contributed by atoms with Gasteiger partial charge in [0.1, 0.15) is 29.2 Å². The van der Waals surface area contributed by atoms with Crippen molar-refractivity contribution in [2.75, 3.05) is 38.6 Å².